The zero-order chi connectivity index (χ0) is 14.5. The Bertz CT molecular complexity index is 589. The quantitative estimate of drug-likeness (QED) is 0.888. The molecule has 0 saturated heterocycles. The summed E-state index contributed by atoms with van der Waals surface area (Å²) in [4.78, 5) is 8.54. The van der Waals surface area contributed by atoms with Crippen LogP contribution in [-0.4, -0.2) is 21.6 Å². The van der Waals surface area contributed by atoms with Crippen LogP contribution in [0, 0.1) is 6.92 Å². The lowest BCUT2D eigenvalue weighted by Crippen LogP contribution is -2.15. The maximum atomic E-state index is 10.2. The number of aliphatic hydroxyl groups is 1. The van der Waals surface area contributed by atoms with E-state index in [9.17, 15) is 5.11 Å². The van der Waals surface area contributed by atoms with Crippen molar-refractivity contribution in [2.75, 3.05) is 11.9 Å². The summed E-state index contributed by atoms with van der Waals surface area (Å²) in [7, 11) is 0. The average Bonchev–Trinajstić information content (AvgIpc) is 2.45. The maximum absolute atomic E-state index is 10.2. The third-order valence-corrected chi connectivity index (χ3v) is 3.44. The number of aromatic nitrogens is 2. The minimum Gasteiger partial charge on any atom is -0.387 e. The van der Waals surface area contributed by atoms with E-state index in [4.69, 9.17) is 11.6 Å². The molecule has 0 aliphatic heterocycles. The molecular formula is C15H18ClN3O. The number of anilines is 1. The highest BCUT2D eigenvalue weighted by Crippen LogP contribution is 2.23. The largest absolute Gasteiger partial charge is 0.387 e. The molecule has 1 aromatic carbocycles. The summed E-state index contributed by atoms with van der Waals surface area (Å²) in [6, 6.07) is 7.29. The molecule has 0 fully saturated rings. The van der Waals surface area contributed by atoms with Gasteiger partial charge in [0.1, 0.15) is 11.6 Å². The molecule has 1 aromatic heterocycles. The Hall–Kier alpha value is -1.65. The first kappa shape index (κ1) is 14.8. The molecule has 20 heavy (non-hydrogen) atoms. The van der Waals surface area contributed by atoms with Crippen molar-refractivity contribution in [2.24, 2.45) is 0 Å². The van der Waals surface area contributed by atoms with Crippen LogP contribution in [0.2, 0.25) is 5.02 Å². The summed E-state index contributed by atoms with van der Waals surface area (Å²) < 4.78 is 0. The highest BCUT2D eigenvalue weighted by molar-refractivity contribution is 6.31. The normalized spacial score (nSPS) is 12.2. The lowest BCUT2D eigenvalue weighted by atomic mass is 10.1. The van der Waals surface area contributed by atoms with Crippen LogP contribution in [0.1, 0.15) is 30.0 Å². The first-order valence-corrected chi connectivity index (χ1v) is 6.98. The summed E-state index contributed by atoms with van der Waals surface area (Å²) in [6.45, 7) is 4.24. The number of hydrogen-bond acceptors (Lipinski definition) is 4. The Kier molecular flexibility index (Phi) is 4.93. The van der Waals surface area contributed by atoms with E-state index in [0.29, 0.717) is 23.0 Å². The molecule has 1 atom stereocenters. The van der Waals surface area contributed by atoms with Gasteiger partial charge in [0.15, 0.2) is 0 Å². The van der Waals surface area contributed by atoms with Gasteiger partial charge in [0.05, 0.1) is 6.10 Å². The smallest absolute Gasteiger partial charge is 0.132 e. The number of nitrogens with one attached hydrogen (secondary N) is 1. The number of benzene rings is 1. The summed E-state index contributed by atoms with van der Waals surface area (Å²) in [6.07, 6.45) is 1.97. The Morgan fingerprint density at radius 2 is 2.10 bits per heavy atom. The van der Waals surface area contributed by atoms with E-state index in [1.165, 1.54) is 0 Å². The van der Waals surface area contributed by atoms with Gasteiger partial charge in [-0.25, -0.2) is 9.97 Å². The molecule has 2 rings (SSSR count). The molecule has 2 aromatic rings. The molecule has 4 nitrogen and oxygen atoms in total. The van der Waals surface area contributed by atoms with E-state index in [-0.39, 0.29) is 0 Å². The molecule has 0 aliphatic rings. The molecule has 0 radical (unpaired) electrons. The van der Waals surface area contributed by atoms with Gasteiger partial charge in [0, 0.05) is 28.9 Å². The van der Waals surface area contributed by atoms with Gasteiger partial charge in [0.25, 0.3) is 0 Å². The summed E-state index contributed by atoms with van der Waals surface area (Å²) in [5.41, 5.74) is 1.74. The minimum absolute atomic E-state index is 0.354. The maximum Gasteiger partial charge on any atom is 0.132 e. The molecule has 0 bridgehead atoms. The number of halogens is 1. The van der Waals surface area contributed by atoms with Gasteiger partial charge in [0.2, 0.25) is 0 Å². The topological polar surface area (TPSA) is 58.0 Å². The standard InChI is InChI=1S/C15H18ClN3O/c1-3-11-8-17-10(2)19-15(11)18-9-14(20)12-6-4-5-7-13(12)16/h4-8,14,20H,3,9H2,1-2H3,(H,17,18,19)/t14-/m0/s1. The first-order valence-electron chi connectivity index (χ1n) is 6.60. The number of nitrogens with zero attached hydrogens (tertiary/aromatic N) is 2. The van der Waals surface area contributed by atoms with Crippen molar-refractivity contribution >= 4 is 17.4 Å². The number of aliphatic hydroxyl groups excluding tert-OH is 1. The van der Waals surface area contributed by atoms with Crippen LogP contribution in [0.25, 0.3) is 0 Å². The number of hydrogen-bond donors (Lipinski definition) is 2. The van der Waals surface area contributed by atoms with Crippen LogP contribution in [0.15, 0.2) is 30.5 Å². The van der Waals surface area contributed by atoms with E-state index < -0.39 is 6.10 Å². The molecule has 2 N–H and O–H groups in total. The van der Waals surface area contributed by atoms with Gasteiger partial charge in [-0.2, -0.15) is 0 Å². The van der Waals surface area contributed by atoms with E-state index in [2.05, 4.69) is 15.3 Å². The van der Waals surface area contributed by atoms with Crippen LogP contribution in [-0.2, 0) is 6.42 Å². The van der Waals surface area contributed by atoms with Crippen LogP contribution in [0.5, 0.6) is 0 Å². The summed E-state index contributed by atoms with van der Waals surface area (Å²) in [5, 5.41) is 13.9. The Labute approximate surface area is 123 Å². The lowest BCUT2D eigenvalue weighted by Gasteiger charge is -2.15. The second kappa shape index (κ2) is 6.68. The molecule has 0 saturated carbocycles. The van der Waals surface area contributed by atoms with Crippen molar-refractivity contribution in [3.05, 3.63) is 52.4 Å². The predicted molar refractivity (Wildman–Crippen MR) is 81.0 cm³/mol. The van der Waals surface area contributed by atoms with Crippen molar-refractivity contribution < 1.29 is 5.11 Å². The third kappa shape index (κ3) is 3.46. The molecule has 0 unspecified atom stereocenters. The van der Waals surface area contributed by atoms with Crippen molar-refractivity contribution in [2.45, 2.75) is 26.4 Å². The third-order valence-electron chi connectivity index (χ3n) is 3.09. The van der Waals surface area contributed by atoms with E-state index in [0.717, 1.165) is 17.8 Å². The minimum atomic E-state index is -0.677. The van der Waals surface area contributed by atoms with Crippen LogP contribution in [0.3, 0.4) is 0 Å². The fraction of sp³-hybridized carbons (Fsp3) is 0.333. The van der Waals surface area contributed by atoms with Crippen molar-refractivity contribution in [3.8, 4) is 0 Å². The molecular weight excluding hydrogens is 274 g/mol. The molecule has 106 valence electrons. The highest BCUT2D eigenvalue weighted by Gasteiger charge is 2.12. The van der Waals surface area contributed by atoms with E-state index in [1.807, 2.05) is 38.2 Å². The van der Waals surface area contributed by atoms with E-state index >= 15 is 0 Å². The summed E-state index contributed by atoms with van der Waals surface area (Å²) in [5.74, 6) is 1.48. The van der Waals surface area contributed by atoms with Crippen LogP contribution < -0.4 is 5.32 Å². The highest BCUT2D eigenvalue weighted by atomic mass is 35.5. The summed E-state index contributed by atoms with van der Waals surface area (Å²) >= 11 is 6.07. The fourth-order valence-electron chi connectivity index (χ4n) is 1.96. The van der Waals surface area contributed by atoms with Crippen molar-refractivity contribution in [3.63, 3.8) is 0 Å². The van der Waals surface area contributed by atoms with Gasteiger partial charge in [-0.3, -0.25) is 0 Å². The number of aryl methyl sites for hydroxylation is 2. The van der Waals surface area contributed by atoms with Gasteiger partial charge >= 0.3 is 0 Å². The van der Waals surface area contributed by atoms with Crippen molar-refractivity contribution in [1.82, 2.24) is 9.97 Å². The van der Waals surface area contributed by atoms with Gasteiger partial charge < -0.3 is 10.4 Å². The Balaban J connectivity index is 2.09. The SMILES string of the molecule is CCc1cnc(C)nc1NC[C@H](O)c1ccccc1Cl. The van der Waals surface area contributed by atoms with Crippen molar-refractivity contribution in [1.29, 1.82) is 0 Å². The molecule has 0 aliphatic carbocycles. The van der Waals surface area contributed by atoms with Gasteiger partial charge in [-0.1, -0.05) is 36.7 Å². The molecule has 0 spiro atoms. The fourth-order valence-corrected chi connectivity index (χ4v) is 2.22. The monoisotopic (exact) mass is 291 g/mol. The van der Waals surface area contributed by atoms with Crippen LogP contribution >= 0.6 is 11.6 Å². The lowest BCUT2D eigenvalue weighted by molar-refractivity contribution is 0.191. The van der Waals surface area contributed by atoms with Gasteiger partial charge in [-0.15, -0.1) is 0 Å². The Morgan fingerprint density at radius 1 is 1.35 bits per heavy atom. The van der Waals surface area contributed by atoms with Gasteiger partial charge in [-0.05, 0) is 19.4 Å². The Morgan fingerprint density at radius 3 is 2.80 bits per heavy atom. The zero-order valence-electron chi connectivity index (χ0n) is 11.6. The zero-order valence-corrected chi connectivity index (χ0v) is 12.4. The molecule has 1 heterocycles. The van der Waals surface area contributed by atoms with Crippen LogP contribution in [0.4, 0.5) is 5.82 Å². The second-order valence-electron chi connectivity index (χ2n) is 4.56. The predicted octanol–water partition coefficient (Wildman–Crippen LogP) is 3.15. The van der Waals surface area contributed by atoms with E-state index in [1.54, 1.807) is 6.07 Å². The molecule has 0 amide bonds. The number of rotatable bonds is 5. The second-order valence-corrected chi connectivity index (χ2v) is 4.97. The first-order chi connectivity index (χ1) is 9.61. The molecule has 5 heteroatoms. The average molecular weight is 292 g/mol.